The molecule has 140 valence electrons. The van der Waals surface area contributed by atoms with E-state index in [0.29, 0.717) is 18.8 Å². The predicted octanol–water partition coefficient (Wildman–Crippen LogP) is 1.53. The Hall–Kier alpha value is -1.90. The molecule has 1 fully saturated rings. The number of aliphatic hydroxyl groups excluding tert-OH is 1. The minimum Gasteiger partial charge on any atom is -0.390 e. The molecule has 0 unspecified atom stereocenters. The van der Waals surface area contributed by atoms with Crippen LogP contribution in [0.4, 0.5) is 0 Å². The van der Waals surface area contributed by atoms with Crippen molar-refractivity contribution in [1.82, 2.24) is 20.4 Å². The van der Waals surface area contributed by atoms with Crippen LogP contribution in [0.2, 0.25) is 0 Å². The molecule has 1 aliphatic heterocycles. The van der Waals surface area contributed by atoms with Crippen LogP contribution >= 0.6 is 11.8 Å². The van der Waals surface area contributed by atoms with Gasteiger partial charge in [-0.1, -0.05) is 5.16 Å². The van der Waals surface area contributed by atoms with Gasteiger partial charge >= 0.3 is 0 Å². The number of hydrogen-bond acceptors (Lipinski definition) is 7. The highest BCUT2D eigenvalue weighted by Gasteiger charge is 2.29. The van der Waals surface area contributed by atoms with Crippen LogP contribution in [0.25, 0.3) is 0 Å². The number of likely N-dealkylation sites (tertiary alicyclic amines) is 1. The Morgan fingerprint density at radius 2 is 2.19 bits per heavy atom. The highest BCUT2D eigenvalue weighted by atomic mass is 32.2. The van der Waals surface area contributed by atoms with E-state index in [-0.39, 0.29) is 11.9 Å². The second-order valence-electron chi connectivity index (χ2n) is 6.54. The summed E-state index contributed by atoms with van der Waals surface area (Å²) in [5.74, 6) is 1.09. The summed E-state index contributed by atoms with van der Waals surface area (Å²) in [5.41, 5.74) is 1.97. The van der Waals surface area contributed by atoms with Gasteiger partial charge in [-0.2, -0.15) is 0 Å². The third-order valence-electron chi connectivity index (χ3n) is 4.60. The molecule has 0 radical (unpaired) electrons. The Morgan fingerprint density at radius 3 is 2.85 bits per heavy atom. The highest BCUT2D eigenvalue weighted by Crippen LogP contribution is 2.20. The van der Waals surface area contributed by atoms with Crippen LogP contribution in [-0.4, -0.2) is 57.0 Å². The van der Waals surface area contributed by atoms with Crippen molar-refractivity contribution in [3.05, 3.63) is 41.5 Å². The fourth-order valence-electron chi connectivity index (χ4n) is 3.09. The van der Waals surface area contributed by atoms with Crippen molar-refractivity contribution in [3.63, 3.8) is 0 Å². The number of aryl methyl sites for hydroxylation is 2. The number of nitrogens with zero attached hydrogens (tertiary/aromatic N) is 3. The van der Waals surface area contributed by atoms with Gasteiger partial charge in [0, 0.05) is 42.5 Å². The summed E-state index contributed by atoms with van der Waals surface area (Å²) < 4.78 is 5.20. The van der Waals surface area contributed by atoms with Crippen molar-refractivity contribution in [2.45, 2.75) is 43.9 Å². The van der Waals surface area contributed by atoms with Crippen LogP contribution in [0, 0.1) is 13.8 Å². The maximum absolute atomic E-state index is 12.2. The predicted molar refractivity (Wildman–Crippen MR) is 98.8 cm³/mol. The number of thioether (sulfide) groups is 1. The fraction of sp³-hybridized carbons (Fsp3) is 0.500. The second kappa shape index (κ2) is 8.66. The van der Waals surface area contributed by atoms with Crippen LogP contribution < -0.4 is 5.32 Å². The monoisotopic (exact) mass is 376 g/mol. The molecule has 2 N–H and O–H groups in total. The molecule has 0 bridgehead atoms. The summed E-state index contributed by atoms with van der Waals surface area (Å²) in [7, 11) is 0. The molecule has 0 spiro atoms. The number of carbonyl (C=O) groups is 1. The zero-order chi connectivity index (χ0) is 18.5. The van der Waals surface area contributed by atoms with Gasteiger partial charge in [-0.15, -0.1) is 11.8 Å². The number of carbonyl (C=O) groups excluding carboxylic acids is 1. The SMILES string of the molecule is Cc1noc(C)c1CN1CC[C@@H](NC(=O)CSc2ccncc2)[C@H](O)C1. The Labute approximate surface area is 157 Å². The maximum Gasteiger partial charge on any atom is 0.230 e. The lowest BCUT2D eigenvalue weighted by Crippen LogP contribution is -2.54. The van der Waals surface area contributed by atoms with E-state index in [9.17, 15) is 9.90 Å². The first-order valence-corrected chi connectivity index (χ1v) is 9.66. The number of nitrogens with one attached hydrogen (secondary N) is 1. The molecule has 2 aromatic heterocycles. The lowest BCUT2D eigenvalue weighted by Gasteiger charge is -2.36. The summed E-state index contributed by atoms with van der Waals surface area (Å²) in [6.07, 6.45) is 3.55. The summed E-state index contributed by atoms with van der Waals surface area (Å²) >= 11 is 1.46. The van der Waals surface area contributed by atoms with Gasteiger partial charge in [0.25, 0.3) is 0 Å². The quantitative estimate of drug-likeness (QED) is 0.739. The Kier molecular flexibility index (Phi) is 6.29. The number of pyridine rings is 1. The molecule has 3 heterocycles. The molecule has 0 saturated carbocycles. The molecule has 26 heavy (non-hydrogen) atoms. The van der Waals surface area contributed by atoms with Crippen molar-refractivity contribution in [2.24, 2.45) is 0 Å². The number of piperidine rings is 1. The zero-order valence-corrected chi connectivity index (χ0v) is 15.8. The van der Waals surface area contributed by atoms with E-state index < -0.39 is 6.10 Å². The summed E-state index contributed by atoms with van der Waals surface area (Å²) in [5, 5.41) is 17.4. The molecule has 1 amide bonds. The zero-order valence-electron chi connectivity index (χ0n) is 15.0. The highest BCUT2D eigenvalue weighted by molar-refractivity contribution is 8.00. The number of β-amino-alcohol motifs (C(OH)–C–C–N with tert-alkyl or cyclic N) is 1. The van der Waals surface area contributed by atoms with Crippen molar-refractivity contribution in [3.8, 4) is 0 Å². The number of rotatable bonds is 6. The largest absolute Gasteiger partial charge is 0.390 e. The van der Waals surface area contributed by atoms with Crippen molar-refractivity contribution in [2.75, 3.05) is 18.8 Å². The number of aromatic nitrogens is 2. The standard InChI is InChI=1S/C18H24N4O3S/c1-12-15(13(2)25-21-12)9-22-8-5-16(17(23)10-22)20-18(24)11-26-14-3-6-19-7-4-14/h3-4,6-7,16-17,23H,5,8-11H2,1-2H3,(H,20,24)/t16-,17-/m1/s1. The molecular formula is C18H24N4O3S. The van der Waals surface area contributed by atoms with Crippen molar-refractivity contribution >= 4 is 17.7 Å². The molecule has 3 rings (SSSR count). The van der Waals surface area contributed by atoms with Crippen LogP contribution in [0.3, 0.4) is 0 Å². The third-order valence-corrected chi connectivity index (χ3v) is 5.61. The molecule has 0 aromatic carbocycles. The van der Waals surface area contributed by atoms with E-state index in [2.05, 4.69) is 20.4 Å². The third kappa shape index (κ3) is 4.84. The van der Waals surface area contributed by atoms with E-state index >= 15 is 0 Å². The molecule has 2 aromatic rings. The van der Waals surface area contributed by atoms with E-state index in [4.69, 9.17) is 4.52 Å². The van der Waals surface area contributed by atoms with E-state index in [0.717, 1.165) is 34.9 Å². The van der Waals surface area contributed by atoms with Gasteiger partial charge in [-0.3, -0.25) is 14.7 Å². The molecule has 1 saturated heterocycles. The Balaban J connectivity index is 1.45. The molecule has 2 atom stereocenters. The lowest BCUT2D eigenvalue weighted by atomic mass is 10.0. The van der Waals surface area contributed by atoms with Gasteiger partial charge in [-0.25, -0.2) is 0 Å². The van der Waals surface area contributed by atoms with Gasteiger partial charge in [0.05, 0.1) is 23.6 Å². The summed E-state index contributed by atoms with van der Waals surface area (Å²) in [6.45, 7) is 5.86. The second-order valence-corrected chi connectivity index (χ2v) is 7.59. The molecular weight excluding hydrogens is 352 g/mol. The van der Waals surface area contributed by atoms with Crippen molar-refractivity contribution < 1.29 is 14.4 Å². The summed E-state index contributed by atoms with van der Waals surface area (Å²) in [6, 6.07) is 3.54. The smallest absolute Gasteiger partial charge is 0.230 e. The first-order valence-electron chi connectivity index (χ1n) is 8.67. The number of hydrogen-bond donors (Lipinski definition) is 2. The van der Waals surface area contributed by atoms with Gasteiger partial charge in [0.1, 0.15) is 5.76 Å². The molecule has 0 aliphatic carbocycles. The Bertz CT molecular complexity index is 718. The maximum atomic E-state index is 12.2. The minimum atomic E-state index is -0.584. The number of aliphatic hydroxyl groups is 1. The van der Waals surface area contributed by atoms with E-state index in [1.54, 1.807) is 12.4 Å². The average molecular weight is 376 g/mol. The first-order chi connectivity index (χ1) is 12.5. The summed E-state index contributed by atoms with van der Waals surface area (Å²) in [4.78, 5) is 19.3. The average Bonchev–Trinajstić information content (AvgIpc) is 2.95. The minimum absolute atomic E-state index is 0.0602. The fourth-order valence-corrected chi connectivity index (χ4v) is 3.79. The Morgan fingerprint density at radius 1 is 1.42 bits per heavy atom. The van der Waals surface area contributed by atoms with Crippen molar-refractivity contribution in [1.29, 1.82) is 0 Å². The molecule has 8 heteroatoms. The van der Waals surface area contributed by atoms with Gasteiger partial charge < -0.3 is 14.9 Å². The van der Waals surface area contributed by atoms with Gasteiger partial charge in [0.2, 0.25) is 5.91 Å². The van der Waals surface area contributed by atoms with Crippen LogP contribution in [0.5, 0.6) is 0 Å². The first kappa shape index (κ1) is 18.9. The number of amides is 1. The van der Waals surface area contributed by atoms with E-state index in [1.165, 1.54) is 11.8 Å². The molecule has 7 nitrogen and oxygen atoms in total. The van der Waals surface area contributed by atoms with E-state index in [1.807, 2.05) is 26.0 Å². The van der Waals surface area contributed by atoms with Crippen LogP contribution in [0.15, 0.2) is 33.9 Å². The molecule has 1 aliphatic rings. The van der Waals surface area contributed by atoms with Gasteiger partial charge in [0.15, 0.2) is 0 Å². The van der Waals surface area contributed by atoms with Crippen LogP contribution in [-0.2, 0) is 11.3 Å². The normalized spacial score (nSPS) is 20.9. The van der Waals surface area contributed by atoms with Gasteiger partial charge in [-0.05, 0) is 32.4 Å². The van der Waals surface area contributed by atoms with Crippen LogP contribution in [0.1, 0.15) is 23.4 Å². The lowest BCUT2D eigenvalue weighted by molar-refractivity contribution is -0.120. The topological polar surface area (TPSA) is 91.5 Å².